The number of aromatic nitrogens is 3. The number of amides is 1. The number of aliphatic hydroxyl groups excluding tert-OH is 1. The van der Waals surface area contributed by atoms with E-state index in [-0.39, 0.29) is 23.4 Å². The average molecular weight is 458 g/mol. The number of nitrogens with one attached hydrogen (secondary N) is 1. The SMILES string of the molecule is CC(C)C(NC(=O)OC(C)(C)C)C(O)c1nnc(C(C)(C)c2ccc(C(F)(F)F)cn2)o1. The Balaban J connectivity index is 2.24. The molecule has 11 heteroatoms. The topological polar surface area (TPSA) is 110 Å². The molecule has 0 radical (unpaired) electrons. The number of hydrogen-bond acceptors (Lipinski definition) is 7. The second kappa shape index (κ2) is 9.05. The van der Waals surface area contributed by atoms with Crippen molar-refractivity contribution in [3.05, 3.63) is 41.4 Å². The van der Waals surface area contributed by atoms with Crippen molar-refractivity contribution in [3.63, 3.8) is 0 Å². The Hall–Kier alpha value is -2.69. The van der Waals surface area contributed by atoms with E-state index in [9.17, 15) is 23.1 Å². The Labute approximate surface area is 184 Å². The van der Waals surface area contributed by atoms with Crippen LogP contribution in [0.1, 0.15) is 77.6 Å². The van der Waals surface area contributed by atoms with Crippen molar-refractivity contribution < 1.29 is 32.2 Å². The monoisotopic (exact) mass is 458 g/mol. The van der Waals surface area contributed by atoms with Gasteiger partial charge in [0, 0.05) is 6.20 Å². The van der Waals surface area contributed by atoms with E-state index < -0.39 is 41.0 Å². The van der Waals surface area contributed by atoms with Crippen molar-refractivity contribution in [1.82, 2.24) is 20.5 Å². The molecule has 2 atom stereocenters. The Morgan fingerprint density at radius 2 is 1.75 bits per heavy atom. The number of alkyl halides is 3. The quantitative estimate of drug-likeness (QED) is 0.660. The van der Waals surface area contributed by atoms with Gasteiger partial charge in [0.2, 0.25) is 11.8 Å². The number of hydrogen-bond donors (Lipinski definition) is 2. The van der Waals surface area contributed by atoms with E-state index in [4.69, 9.17) is 9.15 Å². The van der Waals surface area contributed by atoms with Gasteiger partial charge in [-0.15, -0.1) is 10.2 Å². The van der Waals surface area contributed by atoms with E-state index in [2.05, 4.69) is 20.5 Å². The Morgan fingerprint density at radius 3 is 2.22 bits per heavy atom. The molecule has 32 heavy (non-hydrogen) atoms. The van der Waals surface area contributed by atoms with Crippen LogP contribution in [-0.4, -0.2) is 38.0 Å². The third-order valence-corrected chi connectivity index (χ3v) is 4.70. The molecule has 1 amide bonds. The minimum absolute atomic E-state index is 0.0542. The number of nitrogens with zero attached hydrogens (tertiary/aromatic N) is 3. The van der Waals surface area contributed by atoms with E-state index in [1.807, 2.05) is 0 Å². The Morgan fingerprint density at radius 1 is 1.12 bits per heavy atom. The molecule has 2 N–H and O–H groups in total. The normalized spacial score (nSPS) is 14.9. The van der Waals surface area contributed by atoms with Crippen molar-refractivity contribution in [1.29, 1.82) is 0 Å². The number of pyridine rings is 1. The molecule has 2 unspecified atom stereocenters. The first-order valence-electron chi connectivity index (χ1n) is 10.1. The number of alkyl carbamates (subject to hydrolysis) is 1. The molecule has 0 fully saturated rings. The lowest BCUT2D eigenvalue weighted by molar-refractivity contribution is -0.137. The molecule has 0 aromatic carbocycles. The fraction of sp³-hybridized carbons (Fsp3) is 0.619. The van der Waals surface area contributed by atoms with Crippen molar-refractivity contribution in [3.8, 4) is 0 Å². The van der Waals surface area contributed by atoms with Gasteiger partial charge in [0.15, 0.2) is 6.10 Å². The van der Waals surface area contributed by atoms with Crippen LogP contribution in [0.3, 0.4) is 0 Å². The van der Waals surface area contributed by atoms with E-state index in [0.717, 1.165) is 12.3 Å². The molecule has 2 rings (SSSR count). The average Bonchev–Trinajstić information content (AvgIpc) is 3.14. The zero-order chi connectivity index (χ0) is 24.5. The molecule has 178 valence electrons. The maximum atomic E-state index is 12.8. The second-order valence-corrected chi connectivity index (χ2v) is 9.36. The molecule has 0 aliphatic carbocycles. The van der Waals surface area contributed by atoms with Gasteiger partial charge in [-0.25, -0.2) is 4.79 Å². The maximum absolute atomic E-state index is 12.8. The van der Waals surface area contributed by atoms with Crippen LogP contribution in [-0.2, 0) is 16.3 Å². The highest BCUT2D eigenvalue weighted by molar-refractivity contribution is 5.68. The van der Waals surface area contributed by atoms with Gasteiger partial charge in [0.1, 0.15) is 5.60 Å². The molecule has 0 bridgehead atoms. The summed E-state index contributed by atoms with van der Waals surface area (Å²) in [6.45, 7) is 12.0. The second-order valence-electron chi connectivity index (χ2n) is 9.36. The zero-order valence-corrected chi connectivity index (χ0v) is 19.1. The fourth-order valence-corrected chi connectivity index (χ4v) is 2.85. The molecule has 2 aromatic heterocycles. The van der Waals surface area contributed by atoms with Crippen LogP contribution in [0.15, 0.2) is 22.7 Å². The lowest BCUT2D eigenvalue weighted by atomic mass is 9.88. The standard InChI is InChI=1S/C21H29F3N4O4/c1-11(2)14(26-18(30)32-19(3,4)5)15(29)16-27-28-17(31-16)20(6,7)13-9-8-12(10-25-13)21(22,23)24/h8-11,14-15,29H,1-7H3,(H,26,30). The molecule has 0 aliphatic rings. The molecule has 0 aliphatic heterocycles. The summed E-state index contributed by atoms with van der Waals surface area (Å²) >= 11 is 0. The van der Waals surface area contributed by atoms with Gasteiger partial charge in [-0.05, 0) is 52.7 Å². The van der Waals surface area contributed by atoms with Crippen LogP contribution in [0.2, 0.25) is 0 Å². The highest BCUT2D eigenvalue weighted by Gasteiger charge is 2.37. The van der Waals surface area contributed by atoms with E-state index >= 15 is 0 Å². The van der Waals surface area contributed by atoms with Crippen LogP contribution in [0, 0.1) is 5.92 Å². The van der Waals surface area contributed by atoms with Gasteiger partial charge in [-0.2, -0.15) is 13.2 Å². The van der Waals surface area contributed by atoms with Gasteiger partial charge >= 0.3 is 12.3 Å². The summed E-state index contributed by atoms with van der Waals surface area (Å²) < 4.78 is 49.3. The van der Waals surface area contributed by atoms with Crippen LogP contribution >= 0.6 is 0 Å². The molecule has 0 saturated carbocycles. The number of aliphatic hydroxyl groups is 1. The van der Waals surface area contributed by atoms with Crippen molar-refractivity contribution in [2.75, 3.05) is 0 Å². The van der Waals surface area contributed by atoms with Gasteiger partial charge in [-0.3, -0.25) is 4.98 Å². The van der Waals surface area contributed by atoms with Crippen LogP contribution in [0.25, 0.3) is 0 Å². The van der Waals surface area contributed by atoms with Crippen molar-refractivity contribution in [2.45, 2.75) is 77.8 Å². The van der Waals surface area contributed by atoms with Gasteiger partial charge in [-0.1, -0.05) is 13.8 Å². The first-order valence-corrected chi connectivity index (χ1v) is 10.1. The smallest absolute Gasteiger partial charge is 0.417 e. The minimum atomic E-state index is -4.50. The number of halogens is 3. The molecule has 2 heterocycles. The predicted molar refractivity (Wildman–Crippen MR) is 109 cm³/mol. The van der Waals surface area contributed by atoms with Gasteiger partial charge in [0.05, 0.1) is 22.7 Å². The molecule has 8 nitrogen and oxygen atoms in total. The number of ether oxygens (including phenoxy) is 1. The summed E-state index contributed by atoms with van der Waals surface area (Å²) in [5, 5.41) is 21.2. The van der Waals surface area contributed by atoms with Crippen molar-refractivity contribution in [2.24, 2.45) is 5.92 Å². The molecule has 0 saturated heterocycles. The predicted octanol–water partition coefficient (Wildman–Crippen LogP) is 4.39. The molecule has 0 spiro atoms. The van der Waals surface area contributed by atoms with Crippen LogP contribution in [0.4, 0.5) is 18.0 Å². The summed E-state index contributed by atoms with van der Waals surface area (Å²) in [4.78, 5) is 16.1. The van der Waals surface area contributed by atoms with E-state index in [1.54, 1.807) is 48.5 Å². The largest absolute Gasteiger partial charge is 0.444 e. The summed E-state index contributed by atoms with van der Waals surface area (Å²) in [5.41, 5.74) is -2.33. The summed E-state index contributed by atoms with van der Waals surface area (Å²) in [6, 6.07) is 1.38. The van der Waals surface area contributed by atoms with E-state index in [1.165, 1.54) is 6.07 Å². The third kappa shape index (κ3) is 6.18. The van der Waals surface area contributed by atoms with Crippen LogP contribution in [0.5, 0.6) is 0 Å². The first-order chi connectivity index (χ1) is 14.5. The maximum Gasteiger partial charge on any atom is 0.417 e. The Kier molecular flexibility index (Phi) is 7.23. The molecule has 2 aromatic rings. The summed E-state index contributed by atoms with van der Waals surface area (Å²) in [6.07, 6.45) is -5.79. The zero-order valence-electron chi connectivity index (χ0n) is 19.1. The summed E-state index contributed by atoms with van der Waals surface area (Å²) in [5.74, 6) is -0.300. The lowest BCUT2D eigenvalue weighted by Crippen LogP contribution is -2.45. The van der Waals surface area contributed by atoms with Gasteiger partial charge < -0.3 is 19.6 Å². The van der Waals surface area contributed by atoms with Crippen LogP contribution < -0.4 is 5.32 Å². The lowest BCUT2D eigenvalue weighted by Gasteiger charge is -2.27. The number of carbonyl (C=O) groups is 1. The van der Waals surface area contributed by atoms with E-state index in [0.29, 0.717) is 0 Å². The van der Waals surface area contributed by atoms with Gasteiger partial charge in [0.25, 0.3) is 0 Å². The number of carbonyl (C=O) groups excluding carboxylic acids is 1. The first kappa shape index (κ1) is 25.6. The van der Waals surface area contributed by atoms with Crippen molar-refractivity contribution >= 4 is 6.09 Å². The number of rotatable bonds is 6. The highest BCUT2D eigenvalue weighted by atomic mass is 19.4. The minimum Gasteiger partial charge on any atom is -0.444 e. The molecular weight excluding hydrogens is 429 g/mol. The highest BCUT2D eigenvalue weighted by Crippen LogP contribution is 2.33. The Bertz CT molecular complexity index is 918. The fourth-order valence-electron chi connectivity index (χ4n) is 2.85. The summed E-state index contributed by atoms with van der Waals surface area (Å²) in [7, 11) is 0. The third-order valence-electron chi connectivity index (χ3n) is 4.70. The molecular formula is C21H29F3N4O4.